The lowest BCUT2D eigenvalue weighted by Gasteiger charge is -2.36. The minimum atomic E-state index is -0.793. The number of rotatable bonds is 2. The van der Waals surface area contributed by atoms with E-state index < -0.39 is 11.9 Å². The number of aliphatic carboxylic acids is 1. The number of carboxylic acids is 1. The summed E-state index contributed by atoms with van der Waals surface area (Å²) in [4.78, 5) is 23.8. The van der Waals surface area contributed by atoms with Crippen molar-refractivity contribution >= 4 is 11.9 Å². The maximum Gasteiger partial charge on any atom is 0.308 e. The van der Waals surface area contributed by atoms with Gasteiger partial charge < -0.3 is 10.0 Å². The Morgan fingerprint density at radius 2 is 2.31 bits per heavy atom. The molecule has 1 N–H and O–H groups in total. The van der Waals surface area contributed by atoms with E-state index in [-0.39, 0.29) is 11.9 Å². The zero-order valence-corrected chi connectivity index (χ0v) is 7.99. The summed E-state index contributed by atoms with van der Waals surface area (Å²) in [5, 5.41) is 8.87. The average molecular weight is 185 g/mol. The van der Waals surface area contributed by atoms with Crippen LogP contribution in [-0.4, -0.2) is 34.5 Å². The van der Waals surface area contributed by atoms with Gasteiger partial charge >= 0.3 is 5.97 Å². The van der Waals surface area contributed by atoms with Crippen molar-refractivity contribution in [3.8, 4) is 0 Å². The molecule has 1 amide bonds. The molecule has 0 saturated carbocycles. The van der Waals surface area contributed by atoms with Crippen molar-refractivity contribution in [3.05, 3.63) is 0 Å². The molecule has 1 fully saturated rings. The highest BCUT2D eigenvalue weighted by molar-refractivity contribution is 5.81. The molecule has 0 spiro atoms. The monoisotopic (exact) mass is 185 g/mol. The Bertz CT molecular complexity index is 225. The van der Waals surface area contributed by atoms with E-state index in [1.54, 1.807) is 11.8 Å². The highest BCUT2D eigenvalue weighted by atomic mass is 16.4. The van der Waals surface area contributed by atoms with Gasteiger partial charge in [0.05, 0.1) is 5.92 Å². The molecule has 0 radical (unpaired) electrons. The number of carbonyl (C=O) groups excluding carboxylic acids is 1. The summed E-state index contributed by atoms with van der Waals surface area (Å²) in [6.45, 7) is 4.28. The van der Waals surface area contributed by atoms with E-state index in [0.29, 0.717) is 19.4 Å². The molecule has 4 nitrogen and oxygen atoms in total. The molecule has 2 atom stereocenters. The van der Waals surface area contributed by atoms with Gasteiger partial charge in [-0.05, 0) is 20.3 Å². The van der Waals surface area contributed by atoms with Crippen molar-refractivity contribution in [3.63, 3.8) is 0 Å². The first kappa shape index (κ1) is 10.0. The van der Waals surface area contributed by atoms with Crippen LogP contribution in [0, 0.1) is 5.92 Å². The second-order valence-corrected chi connectivity index (χ2v) is 3.40. The maximum absolute atomic E-state index is 11.3. The van der Waals surface area contributed by atoms with Gasteiger partial charge in [-0.15, -0.1) is 0 Å². The molecule has 0 unspecified atom stereocenters. The van der Waals surface area contributed by atoms with Gasteiger partial charge in [-0.25, -0.2) is 0 Å². The van der Waals surface area contributed by atoms with Crippen LogP contribution < -0.4 is 0 Å². The number of piperidine rings is 1. The van der Waals surface area contributed by atoms with Crippen molar-refractivity contribution in [1.29, 1.82) is 0 Å². The number of hydrogen-bond donors (Lipinski definition) is 1. The molecule has 1 aliphatic rings. The van der Waals surface area contributed by atoms with Gasteiger partial charge in [0, 0.05) is 19.0 Å². The molecule has 74 valence electrons. The van der Waals surface area contributed by atoms with E-state index in [9.17, 15) is 9.59 Å². The van der Waals surface area contributed by atoms with Crippen molar-refractivity contribution in [2.45, 2.75) is 32.7 Å². The van der Waals surface area contributed by atoms with Crippen LogP contribution in [0.3, 0.4) is 0 Å². The number of carboxylic acid groups (broad SMARTS) is 1. The molecule has 0 aromatic heterocycles. The largest absolute Gasteiger partial charge is 0.481 e. The van der Waals surface area contributed by atoms with E-state index in [4.69, 9.17) is 5.11 Å². The zero-order chi connectivity index (χ0) is 10.0. The van der Waals surface area contributed by atoms with Gasteiger partial charge in [-0.1, -0.05) is 0 Å². The first-order valence-corrected chi connectivity index (χ1v) is 4.60. The van der Waals surface area contributed by atoms with Gasteiger partial charge in [-0.2, -0.15) is 0 Å². The smallest absolute Gasteiger partial charge is 0.308 e. The summed E-state index contributed by atoms with van der Waals surface area (Å²) < 4.78 is 0. The van der Waals surface area contributed by atoms with Crippen LogP contribution >= 0.6 is 0 Å². The minimum absolute atomic E-state index is 0.0764. The van der Waals surface area contributed by atoms with Crippen LogP contribution in [0.25, 0.3) is 0 Å². The summed E-state index contributed by atoms with van der Waals surface area (Å²) in [5.41, 5.74) is 0. The maximum atomic E-state index is 11.3. The first-order chi connectivity index (χ1) is 6.07. The highest BCUT2D eigenvalue weighted by Crippen LogP contribution is 2.24. The predicted octanol–water partition coefficient (Wildman–Crippen LogP) is 0.718. The zero-order valence-electron chi connectivity index (χ0n) is 7.99. The van der Waals surface area contributed by atoms with Gasteiger partial charge in [0.15, 0.2) is 0 Å². The topological polar surface area (TPSA) is 57.6 Å². The van der Waals surface area contributed by atoms with Crippen LogP contribution in [0.2, 0.25) is 0 Å². The Morgan fingerprint density at radius 1 is 1.69 bits per heavy atom. The summed E-state index contributed by atoms with van der Waals surface area (Å²) in [7, 11) is 0. The highest BCUT2D eigenvalue weighted by Gasteiger charge is 2.35. The lowest BCUT2D eigenvalue weighted by atomic mass is 9.90. The Morgan fingerprint density at radius 3 is 2.77 bits per heavy atom. The molecule has 0 aliphatic carbocycles. The van der Waals surface area contributed by atoms with Crippen molar-refractivity contribution in [2.75, 3.05) is 6.54 Å². The van der Waals surface area contributed by atoms with E-state index >= 15 is 0 Å². The van der Waals surface area contributed by atoms with E-state index in [1.165, 1.54) is 0 Å². The summed E-state index contributed by atoms with van der Waals surface area (Å²) >= 11 is 0. The van der Waals surface area contributed by atoms with Crippen LogP contribution in [0.4, 0.5) is 0 Å². The number of carbonyl (C=O) groups is 2. The summed E-state index contributed by atoms with van der Waals surface area (Å²) in [6, 6.07) is -0.163. The lowest BCUT2D eigenvalue weighted by molar-refractivity contribution is -0.150. The fourth-order valence-corrected chi connectivity index (χ4v) is 1.90. The lowest BCUT2D eigenvalue weighted by Crippen LogP contribution is -2.49. The fraction of sp³-hybridized carbons (Fsp3) is 0.778. The fourth-order valence-electron chi connectivity index (χ4n) is 1.90. The molecular formula is C9H15NO3. The van der Waals surface area contributed by atoms with Crippen LogP contribution in [0.1, 0.15) is 26.7 Å². The van der Waals surface area contributed by atoms with E-state index in [0.717, 1.165) is 0 Å². The summed E-state index contributed by atoms with van der Waals surface area (Å²) in [6.07, 6.45) is 0.848. The van der Waals surface area contributed by atoms with Gasteiger partial charge in [-0.3, -0.25) is 9.59 Å². The standard InChI is InChI=1S/C9H15NO3/c1-3-10-6(2)7(9(12)13)4-5-8(10)11/h6-7H,3-5H2,1-2H3,(H,12,13)/t6-,7+/m1/s1. The van der Waals surface area contributed by atoms with Crippen LogP contribution in [0.15, 0.2) is 0 Å². The van der Waals surface area contributed by atoms with Crippen molar-refractivity contribution in [2.24, 2.45) is 5.92 Å². The minimum Gasteiger partial charge on any atom is -0.481 e. The third kappa shape index (κ3) is 1.82. The van der Waals surface area contributed by atoms with E-state index in [2.05, 4.69) is 0 Å². The number of hydrogen-bond acceptors (Lipinski definition) is 2. The average Bonchev–Trinajstić information content (AvgIpc) is 2.04. The molecule has 1 saturated heterocycles. The van der Waals surface area contributed by atoms with Crippen LogP contribution in [-0.2, 0) is 9.59 Å². The molecule has 0 aromatic rings. The number of nitrogens with zero attached hydrogens (tertiary/aromatic N) is 1. The SMILES string of the molecule is CCN1C(=O)CC[C@H](C(=O)O)[C@H]1C. The second-order valence-electron chi connectivity index (χ2n) is 3.40. The number of likely N-dealkylation sites (tertiary alicyclic amines) is 1. The Labute approximate surface area is 77.5 Å². The van der Waals surface area contributed by atoms with Gasteiger partial charge in [0.1, 0.15) is 0 Å². The Kier molecular flexibility index (Phi) is 2.90. The normalized spacial score (nSPS) is 29.1. The molecule has 0 bridgehead atoms. The molecule has 1 rings (SSSR count). The molecular weight excluding hydrogens is 170 g/mol. The molecule has 1 aliphatic heterocycles. The molecule has 0 aromatic carbocycles. The quantitative estimate of drug-likeness (QED) is 0.689. The first-order valence-electron chi connectivity index (χ1n) is 4.60. The van der Waals surface area contributed by atoms with Gasteiger partial charge in [0.2, 0.25) is 5.91 Å². The number of amides is 1. The van der Waals surface area contributed by atoms with E-state index in [1.807, 2.05) is 6.92 Å². The van der Waals surface area contributed by atoms with Crippen LogP contribution in [0.5, 0.6) is 0 Å². The molecule has 4 heteroatoms. The third-order valence-corrected chi connectivity index (χ3v) is 2.72. The predicted molar refractivity (Wildman–Crippen MR) is 47.2 cm³/mol. The Hall–Kier alpha value is -1.06. The van der Waals surface area contributed by atoms with Crippen molar-refractivity contribution in [1.82, 2.24) is 4.90 Å². The molecule has 13 heavy (non-hydrogen) atoms. The Balaban J connectivity index is 2.74. The van der Waals surface area contributed by atoms with Crippen molar-refractivity contribution < 1.29 is 14.7 Å². The third-order valence-electron chi connectivity index (χ3n) is 2.72. The van der Waals surface area contributed by atoms with Gasteiger partial charge in [0.25, 0.3) is 0 Å². The molecule has 1 heterocycles. The summed E-state index contributed by atoms with van der Waals surface area (Å²) in [5.74, 6) is -1.11. The second kappa shape index (κ2) is 3.77.